The molecule has 1 saturated heterocycles. The van der Waals surface area contributed by atoms with Crippen LogP contribution in [0.2, 0.25) is 0 Å². The van der Waals surface area contributed by atoms with Crippen LogP contribution in [-0.4, -0.2) is 50.2 Å². The normalized spacial score (nSPS) is 16.0. The summed E-state index contributed by atoms with van der Waals surface area (Å²) in [5.41, 5.74) is 2.34. The highest BCUT2D eigenvalue weighted by Crippen LogP contribution is 2.26. The summed E-state index contributed by atoms with van der Waals surface area (Å²) in [6.45, 7) is 5.79. The zero-order valence-corrected chi connectivity index (χ0v) is 14.9. The predicted molar refractivity (Wildman–Crippen MR) is 96.5 cm³/mol. The number of halogens is 1. The summed E-state index contributed by atoms with van der Waals surface area (Å²) < 4.78 is 23.7. The van der Waals surface area contributed by atoms with Gasteiger partial charge in [0, 0.05) is 50.9 Å². The van der Waals surface area contributed by atoms with Crippen molar-refractivity contribution in [1.29, 1.82) is 0 Å². The Kier molecular flexibility index (Phi) is 5.89. The number of rotatable bonds is 6. The molecule has 0 aliphatic carbocycles. The van der Waals surface area contributed by atoms with Gasteiger partial charge in [0.25, 0.3) is 0 Å². The summed E-state index contributed by atoms with van der Waals surface area (Å²) in [4.78, 5) is 4.85. The number of hydrogen-bond donors (Lipinski definition) is 0. The third kappa shape index (κ3) is 4.71. The van der Waals surface area contributed by atoms with Crippen LogP contribution in [0.15, 0.2) is 42.5 Å². The molecule has 1 aliphatic heterocycles. The molecule has 1 aliphatic rings. The van der Waals surface area contributed by atoms with Crippen LogP contribution in [0.1, 0.15) is 11.1 Å². The number of nitrogens with zero attached hydrogens (tertiary/aromatic N) is 2. The highest BCUT2D eigenvalue weighted by Gasteiger charge is 2.18. The highest BCUT2D eigenvalue weighted by molar-refractivity contribution is 5.40. The minimum Gasteiger partial charge on any atom is -0.497 e. The van der Waals surface area contributed by atoms with Crippen LogP contribution in [0, 0.1) is 5.82 Å². The van der Waals surface area contributed by atoms with E-state index in [1.54, 1.807) is 14.2 Å². The Morgan fingerprint density at radius 1 is 0.840 bits per heavy atom. The molecule has 0 amide bonds. The number of piperazine rings is 1. The third-order valence-electron chi connectivity index (χ3n) is 4.67. The van der Waals surface area contributed by atoms with Crippen LogP contribution in [0.25, 0.3) is 0 Å². The summed E-state index contributed by atoms with van der Waals surface area (Å²) in [6, 6.07) is 12.8. The molecular formula is C20H25FN2O2. The zero-order valence-electron chi connectivity index (χ0n) is 14.9. The molecule has 0 bridgehead atoms. The van der Waals surface area contributed by atoms with Gasteiger partial charge in [-0.3, -0.25) is 9.80 Å². The van der Waals surface area contributed by atoms with Crippen molar-refractivity contribution in [2.24, 2.45) is 0 Å². The monoisotopic (exact) mass is 344 g/mol. The lowest BCUT2D eigenvalue weighted by molar-refractivity contribution is 0.121. The van der Waals surface area contributed by atoms with E-state index in [2.05, 4.69) is 15.9 Å². The van der Waals surface area contributed by atoms with E-state index >= 15 is 0 Å². The molecule has 0 unspecified atom stereocenters. The van der Waals surface area contributed by atoms with E-state index in [0.717, 1.165) is 56.3 Å². The Labute approximate surface area is 148 Å². The number of methoxy groups -OCH3 is 2. The molecule has 1 fully saturated rings. The van der Waals surface area contributed by atoms with Crippen molar-refractivity contribution in [2.45, 2.75) is 13.1 Å². The third-order valence-corrected chi connectivity index (χ3v) is 4.67. The van der Waals surface area contributed by atoms with E-state index in [1.807, 2.05) is 24.3 Å². The second kappa shape index (κ2) is 8.32. The van der Waals surface area contributed by atoms with Gasteiger partial charge in [-0.1, -0.05) is 18.2 Å². The van der Waals surface area contributed by atoms with Gasteiger partial charge >= 0.3 is 0 Å². The average molecular weight is 344 g/mol. The van der Waals surface area contributed by atoms with Crippen LogP contribution in [0.4, 0.5) is 4.39 Å². The van der Waals surface area contributed by atoms with E-state index in [1.165, 1.54) is 17.7 Å². The summed E-state index contributed by atoms with van der Waals surface area (Å²) in [5.74, 6) is 1.50. The van der Waals surface area contributed by atoms with E-state index in [0.29, 0.717) is 0 Å². The summed E-state index contributed by atoms with van der Waals surface area (Å²) in [5, 5.41) is 0. The molecule has 25 heavy (non-hydrogen) atoms. The predicted octanol–water partition coefficient (Wildman–Crippen LogP) is 3.16. The van der Waals surface area contributed by atoms with E-state index < -0.39 is 0 Å². The maximum Gasteiger partial charge on any atom is 0.127 e. The molecule has 0 aromatic heterocycles. The topological polar surface area (TPSA) is 24.9 Å². The maximum absolute atomic E-state index is 13.0. The van der Waals surface area contributed by atoms with Crippen LogP contribution >= 0.6 is 0 Å². The van der Waals surface area contributed by atoms with Crippen LogP contribution in [-0.2, 0) is 13.1 Å². The van der Waals surface area contributed by atoms with Gasteiger partial charge in [-0.25, -0.2) is 4.39 Å². The first-order valence-electron chi connectivity index (χ1n) is 8.58. The van der Waals surface area contributed by atoms with Crippen molar-refractivity contribution in [3.63, 3.8) is 0 Å². The number of ether oxygens (including phenoxy) is 2. The minimum atomic E-state index is -0.179. The zero-order chi connectivity index (χ0) is 17.6. The van der Waals surface area contributed by atoms with E-state index in [4.69, 9.17) is 9.47 Å². The Morgan fingerprint density at radius 2 is 1.48 bits per heavy atom. The Bertz CT molecular complexity index is 683. The van der Waals surface area contributed by atoms with Gasteiger partial charge in [0.2, 0.25) is 0 Å². The maximum atomic E-state index is 13.0. The molecule has 0 radical (unpaired) electrons. The molecular weight excluding hydrogens is 319 g/mol. The van der Waals surface area contributed by atoms with Gasteiger partial charge < -0.3 is 9.47 Å². The van der Waals surface area contributed by atoms with Gasteiger partial charge in [0.15, 0.2) is 0 Å². The molecule has 2 aromatic carbocycles. The fourth-order valence-electron chi connectivity index (χ4n) is 3.18. The van der Waals surface area contributed by atoms with Gasteiger partial charge in [-0.15, -0.1) is 0 Å². The van der Waals surface area contributed by atoms with Crippen LogP contribution in [0.3, 0.4) is 0 Å². The molecule has 134 valence electrons. The number of hydrogen-bond acceptors (Lipinski definition) is 4. The van der Waals surface area contributed by atoms with Crippen molar-refractivity contribution >= 4 is 0 Å². The van der Waals surface area contributed by atoms with Crippen molar-refractivity contribution in [3.8, 4) is 11.5 Å². The highest BCUT2D eigenvalue weighted by atomic mass is 19.1. The molecule has 0 saturated carbocycles. The fourth-order valence-corrected chi connectivity index (χ4v) is 3.18. The van der Waals surface area contributed by atoms with Gasteiger partial charge in [-0.2, -0.15) is 0 Å². The first-order valence-corrected chi connectivity index (χ1v) is 8.58. The molecule has 1 heterocycles. The van der Waals surface area contributed by atoms with Gasteiger partial charge in [0.05, 0.1) is 14.2 Å². The lowest BCUT2D eigenvalue weighted by Crippen LogP contribution is -2.45. The molecule has 2 aromatic rings. The Balaban J connectivity index is 1.53. The van der Waals surface area contributed by atoms with Crippen molar-refractivity contribution in [1.82, 2.24) is 9.80 Å². The smallest absolute Gasteiger partial charge is 0.127 e. The van der Waals surface area contributed by atoms with E-state index in [9.17, 15) is 4.39 Å². The fraction of sp³-hybridized carbons (Fsp3) is 0.400. The average Bonchev–Trinajstić information content (AvgIpc) is 2.65. The molecule has 5 heteroatoms. The molecule has 0 spiro atoms. The SMILES string of the molecule is COc1ccc(CN2CCN(Cc3ccc(F)cc3)CC2)c(OC)c1. The molecule has 0 N–H and O–H groups in total. The number of benzene rings is 2. The second-order valence-electron chi connectivity index (χ2n) is 6.36. The quantitative estimate of drug-likeness (QED) is 0.804. The van der Waals surface area contributed by atoms with Crippen LogP contribution < -0.4 is 9.47 Å². The Hall–Kier alpha value is -2.11. The van der Waals surface area contributed by atoms with Crippen LogP contribution in [0.5, 0.6) is 11.5 Å². The van der Waals surface area contributed by atoms with E-state index in [-0.39, 0.29) is 5.82 Å². The molecule has 0 atom stereocenters. The molecule has 3 rings (SSSR count). The minimum absolute atomic E-state index is 0.179. The second-order valence-corrected chi connectivity index (χ2v) is 6.36. The lowest BCUT2D eigenvalue weighted by atomic mass is 10.1. The van der Waals surface area contributed by atoms with Crippen molar-refractivity contribution in [3.05, 3.63) is 59.4 Å². The summed E-state index contributed by atoms with van der Waals surface area (Å²) in [7, 11) is 3.35. The van der Waals surface area contributed by atoms with Crippen molar-refractivity contribution in [2.75, 3.05) is 40.4 Å². The van der Waals surface area contributed by atoms with Gasteiger partial charge in [0.1, 0.15) is 17.3 Å². The first-order chi connectivity index (χ1) is 12.2. The molecule has 4 nitrogen and oxygen atoms in total. The summed E-state index contributed by atoms with van der Waals surface area (Å²) >= 11 is 0. The summed E-state index contributed by atoms with van der Waals surface area (Å²) in [6.07, 6.45) is 0. The lowest BCUT2D eigenvalue weighted by Gasteiger charge is -2.35. The largest absolute Gasteiger partial charge is 0.497 e. The first kappa shape index (κ1) is 17.7. The van der Waals surface area contributed by atoms with Gasteiger partial charge in [-0.05, 0) is 23.8 Å². The standard InChI is InChI=1S/C20H25FN2O2/c1-24-19-8-5-17(20(13-19)25-2)15-23-11-9-22(10-12-23)14-16-3-6-18(21)7-4-16/h3-8,13H,9-12,14-15H2,1-2H3. The van der Waals surface area contributed by atoms with Crippen molar-refractivity contribution < 1.29 is 13.9 Å². The Morgan fingerprint density at radius 3 is 2.08 bits per heavy atom.